The quantitative estimate of drug-likeness (QED) is 0.426. The molecule has 1 N–H and O–H groups in total. The standard InChI is InChI=1S/C4H6N2O8/c7-4(8)3(14-6(11)12)1-2-13-5(9)10/h3H,1-2H2,(H,7,8). The molecule has 0 aliphatic carbocycles. The fourth-order valence-corrected chi connectivity index (χ4v) is 0.559. The van der Waals surface area contributed by atoms with Crippen LogP contribution in [-0.2, 0) is 14.5 Å². The van der Waals surface area contributed by atoms with Crippen LogP contribution in [0.2, 0.25) is 0 Å². The lowest BCUT2D eigenvalue weighted by Crippen LogP contribution is -2.28. The molecule has 10 heteroatoms. The molecule has 0 fully saturated rings. The number of hydrogen-bond donors (Lipinski definition) is 1. The third-order valence-corrected chi connectivity index (χ3v) is 1.07. The number of carboxylic acid groups (broad SMARTS) is 1. The van der Waals surface area contributed by atoms with E-state index in [4.69, 9.17) is 5.11 Å². The Labute approximate surface area is 76.2 Å². The largest absolute Gasteiger partial charge is 0.480 e. The van der Waals surface area contributed by atoms with Gasteiger partial charge in [0.1, 0.15) is 0 Å². The first-order chi connectivity index (χ1) is 6.43. The average molecular weight is 210 g/mol. The number of carbonyl (C=O) groups is 1. The minimum absolute atomic E-state index is 0.489. The zero-order chi connectivity index (χ0) is 11.1. The smallest absolute Gasteiger partial charge is 0.332 e. The van der Waals surface area contributed by atoms with Gasteiger partial charge in [-0.25, -0.2) is 4.79 Å². The van der Waals surface area contributed by atoms with Gasteiger partial charge in [-0.15, -0.1) is 20.2 Å². The van der Waals surface area contributed by atoms with Gasteiger partial charge in [0, 0.05) is 6.42 Å². The van der Waals surface area contributed by atoms with Crippen LogP contribution in [0.4, 0.5) is 0 Å². The maximum absolute atomic E-state index is 10.3. The lowest BCUT2D eigenvalue weighted by molar-refractivity contribution is -0.770. The Morgan fingerprint density at radius 2 is 1.93 bits per heavy atom. The summed E-state index contributed by atoms with van der Waals surface area (Å²) in [6, 6.07) is 0. The first-order valence-electron chi connectivity index (χ1n) is 3.24. The highest BCUT2D eigenvalue weighted by molar-refractivity contribution is 5.72. The minimum atomic E-state index is -1.76. The fraction of sp³-hybridized carbons (Fsp3) is 0.750. The van der Waals surface area contributed by atoms with Crippen molar-refractivity contribution in [3.05, 3.63) is 20.2 Å². The summed E-state index contributed by atoms with van der Waals surface area (Å²) in [5, 5.41) is 25.3. The van der Waals surface area contributed by atoms with Crippen LogP contribution in [0.25, 0.3) is 0 Å². The lowest BCUT2D eigenvalue weighted by Gasteiger charge is -2.08. The average Bonchev–Trinajstić information content (AvgIpc) is 2.00. The van der Waals surface area contributed by atoms with Crippen LogP contribution in [0.5, 0.6) is 0 Å². The molecule has 0 aliphatic rings. The van der Waals surface area contributed by atoms with E-state index in [0.717, 1.165) is 0 Å². The van der Waals surface area contributed by atoms with Gasteiger partial charge in [0.05, 0.1) is 6.61 Å². The van der Waals surface area contributed by atoms with Crippen molar-refractivity contribution < 1.29 is 29.7 Å². The van der Waals surface area contributed by atoms with Crippen LogP contribution in [0.15, 0.2) is 0 Å². The van der Waals surface area contributed by atoms with Gasteiger partial charge >= 0.3 is 5.97 Å². The summed E-state index contributed by atoms with van der Waals surface area (Å²) in [4.78, 5) is 37.1. The second-order valence-electron chi connectivity index (χ2n) is 2.00. The second-order valence-corrected chi connectivity index (χ2v) is 2.00. The van der Waals surface area contributed by atoms with Crippen molar-refractivity contribution >= 4 is 5.97 Å². The maximum Gasteiger partial charge on any atom is 0.332 e. The molecule has 0 radical (unpaired) electrons. The van der Waals surface area contributed by atoms with E-state index in [-0.39, 0.29) is 0 Å². The van der Waals surface area contributed by atoms with Gasteiger partial charge < -0.3 is 9.94 Å². The molecule has 1 atom stereocenters. The molecule has 0 saturated heterocycles. The third kappa shape index (κ3) is 5.51. The summed E-state index contributed by atoms with van der Waals surface area (Å²) in [6.07, 6.45) is -2.25. The van der Waals surface area contributed by atoms with E-state index in [1.165, 1.54) is 0 Å². The topological polar surface area (TPSA) is 142 Å². The van der Waals surface area contributed by atoms with Gasteiger partial charge in [0.25, 0.3) is 10.2 Å². The number of rotatable bonds is 7. The van der Waals surface area contributed by atoms with E-state index in [1.807, 2.05) is 0 Å². The van der Waals surface area contributed by atoms with Crippen LogP contribution in [-0.4, -0.2) is 34.0 Å². The Kier molecular flexibility index (Phi) is 4.67. The number of aliphatic carboxylic acids is 1. The lowest BCUT2D eigenvalue weighted by atomic mass is 10.3. The highest BCUT2D eigenvalue weighted by atomic mass is 17.0. The van der Waals surface area contributed by atoms with Crippen LogP contribution >= 0.6 is 0 Å². The summed E-state index contributed by atoms with van der Waals surface area (Å²) >= 11 is 0. The fourth-order valence-electron chi connectivity index (χ4n) is 0.559. The molecule has 0 aliphatic heterocycles. The predicted molar refractivity (Wildman–Crippen MR) is 37.1 cm³/mol. The predicted octanol–water partition coefficient (Wildman–Crippen LogP) is -0.754. The molecule has 14 heavy (non-hydrogen) atoms. The monoisotopic (exact) mass is 210 g/mol. The van der Waals surface area contributed by atoms with Gasteiger partial charge in [0.2, 0.25) is 6.10 Å². The zero-order valence-corrected chi connectivity index (χ0v) is 6.69. The highest BCUT2D eigenvalue weighted by Gasteiger charge is 2.21. The van der Waals surface area contributed by atoms with Gasteiger partial charge in [-0.2, -0.15) is 0 Å². The molecule has 0 aromatic carbocycles. The molecule has 80 valence electrons. The summed E-state index contributed by atoms with van der Waals surface area (Å²) in [6.45, 7) is -0.586. The van der Waals surface area contributed by atoms with Crippen LogP contribution in [0, 0.1) is 20.2 Å². The van der Waals surface area contributed by atoms with E-state index in [2.05, 4.69) is 9.68 Å². The Morgan fingerprint density at radius 3 is 2.29 bits per heavy atom. The van der Waals surface area contributed by atoms with Gasteiger partial charge in [-0.3, -0.25) is 4.84 Å². The molecule has 0 aromatic heterocycles. The maximum atomic E-state index is 10.3. The minimum Gasteiger partial charge on any atom is -0.480 e. The van der Waals surface area contributed by atoms with Crippen molar-refractivity contribution in [1.29, 1.82) is 0 Å². The molecule has 0 amide bonds. The Morgan fingerprint density at radius 1 is 1.36 bits per heavy atom. The van der Waals surface area contributed by atoms with E-state index < -0.39 is 35.3 Å². The van der Waals surface area contributed by atoms with Gasteiger partial charge in [-0.05, 0) is 0 Å². The molecule has 0 bridgehead atoms. The molecule has 0 heterocycles. The Balaban J connectivity index is 3.91. The molecule has 0 aromatic rings. The molecule has 0 spiro atoms. The van der Waals surface area contributed by atoms with Gasteiger partial charge in [0.15, 0.2) is 0 Å². The molecule has 10 nitrogen and oxygen atoms in total. The molecule has 0 rings (SSSR count). The Hall–Kier alpha value is -2.13. The molecular weight excluding hydrogens is 204 g/mol. The van der Waals surface area contributed by atoms with Crippen LogP contribution < -0.4 is 0 Å². The first-order valence-corrected chi connectivity index (χ1v) is 3.24. The zero-order valence-electron chi connectivity index (χ0n) is 6.69. The van der Waals surface area contributed by atoms with E-state index >= 15 is 0 Å². The number of carboxylic acids is 1. The Bertz CT molecular complexity index is 239. The summed E-state index contributed by atoms with van der Waals surface area (Å²) < 4.78 is 0. The summed E-state index contributed by atoms with van der Waals surface area (Å²) in [5.41, 5.74) is 0. The first kappa shape index (κ1) is 11.9. The van der Waals surface area contributed by atoms with Crippen LogP contribution in [0.1, 0.15) is 6.42 Å². The highest BCUT2D eigenvalue weighted by Crippen LogP contribution is 1.99. The van der Waals surface area contributed by atoms with E-state index in [9.17, 15) is 25.0 Å². The van der Waals surface area contributed by atoms with Crippen molar-refractivity contribution in [1.82, 2.24) is 0 Å². The molecule has 1 unspecified atom stereocenters. The molecular formula is C4H6N2O8. The van der Waals surface area contributed by atoms with Crippen molar-refractivity contribution in [3.63, 3.8) is 0 Å². The second kappa shape index (κ2) is 5.50. The van der Waals surface area contributed by atoms with Crippen molar-refractivity contribution in [2.45, 2.75) is 12.5 Å². The normalized spacial score (nSPS) is 11.4. The third-order valence-electron chi connectivity index (χ3n) is 1.07. The van der Waals surface area contributed by atoms with Crippen molar-refractivity contribution in [3.8, 4) is 0 Å². The van der Waals surface area contributed by atoms with Crippen LogP contribution in [0.3, 0.4) is 0 Å². The summed E-state index contributed by atoms with van der Waals surface area (Å²) in [5.74, 6) is -1.59. The summed E-state index contributed by atoms with van der Waals surface area (Å²) in [7, 11) is 0. The van der Waals surface area contributed by atoms with E-state index in [1.54, 1.807) is 0 Å². The SMILES string of the molecule is O=C(O)C(CCO[N+](=O)[O-])O[N+](=O)[O-]. The van der Waals surface area contributed by atoms with Crippen molar-refractivity contribution in [2.75, 3.05) is 6.61 Å². The number of nitrogens with zero attached hydrogens (tertiary/aromatic N) is 2. The van der Waals surface area contributed by atoms with Gasteiger partial charge in [-0.1, -0.05) is 0 Å². The number of hydrogen-bond acceptors (Lipinski definition) is 7. The molecule has 0 saturated carbocycles. The van der Waals surface area contributed by atoms with Crippen molar-refractivity contribution in [2.24, 2.45) is 0 Å². The van der Waals surface area contributed by atoms with E-state index in [0.29, 0.717) is 0 Å².